The molecular formula is C54H39NO2P2. The summed E-state index contributed by atoms with van der Waals surface area (Å²) in [5.41, 5.74) is 7.59. The summed E-state index contributed by atoms with van der Waals surface area (Å²) < 4.78 is 32.4. The first-order valence-electron chi connectivity index (χ1n) is 19.8. The average molecular weight is 796 g/mol. The van der Waals surface area contributed by atoms with Gasteiger partial charge in [-0.1, -0.05) is 200 Å². The van der Waals surface area contributed by atoms with Gasteiger partial charge in [0.2, 0.25) is 0 Å². The van der Waals surface area contributed by atoms with E-state index < -0.39 is 14.3 Å². The van der Waals surface area contributed by atoms with Gasteiger partial charge < -0.3 is 13.7 Å². The van der Waals surface area contributed by atoms with Crippen molar-refractivity contribution >= 4 is 67.9 Å². The van der Waals surface area contributed by atoms with Gasteiger partial charge in [0.05, 0.1) is 11.0 Å². The highest BCUT2D eigenvalue weighted by Crippen LogP contribution is 2.44. The van der Waals surface area contributed by atoms with Crippen LogP contribution in [0.25, 0.3) is 49.7 Å². The molecule has 1 aromatic heterocycles. The van der Waals surface area contributed by atoms with Gasteiger partial charge in [-0.05, 0) is 58.7 Å². The number of hydrogen-bond acceptors (Lipinski definition) is 2. The first-order valence-corrected chi connectivity index (χ1v) is 23.2. The Bertz CT molecular complexity index is 2880. The minimum Gasteiger partial charge on any atom is -0.309 e. The molecule has 0 aliphatic rings. The maximum absolute atomic E-state index is 15.1. The second-order valence-corrected chi connectivity index (χ2v) is 20.3. The zero-order chi connectivity index (χ0) is 39.8. The van der Waals surface area contributed by atoms with E-state index in [-0.39, 0.29) is 0 Å². The van der Waals surface area contributed by atoms with Crippen LogP contribution in [0.3, 0.4) is 0 Å². The molecule has 0 saturated heterocycles. The molecule has 0 spiro atoms. The number of hydrogen-bond donors (Lipinski definition) is 0. The van der Waals surface area contributed by atoms with Gasteiger partial charge in [-0.25, -0.2) is 0 Å². The molecule has 0 fully saturated rings. The Kier molecular flexibility index (Phi) is 9.42. The van der Waals surface area contributed by atoms with Gasteiger partial charge in [0.25, 0.3) is 0 Å². The fourth-order valence-corrected chi connectivity index (χ4v) is 13.7. The van der Waals surface area contributed by atoms with Gasteiger partial charge >= 0.3 is 0 Å². The third kappa shape index (κ3) is 6.41. The minimum absolute atomic E-state index is 0.806. The number of benzene rings is 9. The van der Waals surface area contributed by atoms with Gasteiger partial charge in [0, 0.05) is 48.3 Å². The molecule has 10 rings (SSSR count). The van der Waals surface area contributed by atoms with Crippen molar-refractivity contribution in [3.63, 3.8) is 0 Å². The van der Waals surface area contributed by atoms with Crippen LogP contribution in [-0.4, -0.2) is 4.57 Å². The lowest BCUT2D eigenvalue weighted by Gasteiger charge is -2.20. The molecule has 0 aliphatic carbocycles. The van der Waals surface area contributed by atoms with Crippen molar-refractivity contribution in [2.24, 2.45) is 0 Å². The predicted octanol–water partition coefficient (Wildman–Crippen LogP) is 11.4. The lowest BCUT2D eigenvalue weighted by atomic mass is 10.0. The normalized spacial score (nSPS) is 11.9. The lowest BCUT2D eigenvalue weighted by Crippen LogP contribution is -2.24. The quantitative estimate of drug-likeness (QED) is 0.137. The first kappa shape index (κ1) is 36.6. The molecule has 0 unspecified atom stereocenters. The maximum atomic E-state index is 15.1. The monoisotopic (exact) mass is 795 g/mol. The molecule has 59 heavy (non-hydrogen) atoms. The second-order valence-electron chi connectivity index (χ2n) is 14.8. The summed E-state index contributed by atoms with van der Waals surface area (Å²) in [5.74, 6) is 0. The van der Waals surface area contributed by atoms with Crippen LogP contribution in [0, 0.1) is 0 Å². The molecule has 0 amide bonds. The number of para-hydroxylation sites is 1. The van der Waals surface area contributed by atoms with Crippen LogP contribution in [-0.2, 0) is 9.13 Å². The number of fused-ring (bicyclic) bond motifs is 3. The SMILES string of the molecule is O=P(c1ccccc1)(c1ccccc1)c1ccc(-c2ccc3c(c2)c2cc(-c4ccc(P(=O)(c5ccccc5)c5ccccc5)cc4)ccc2n3-c2ccccc2)cc1. The Hall–Kier alpha value is -6.76. The highest BCUT2D eigenvalue weighted by Gasteiger charge is 2.31. The van der Waals surface area contributed by atoms with E-state index in [1.165, 1.54) is 0 Å². The van der Waals surface area contributed by atoms with E-state index in [2.05, 4.69) is 89.5 Å². The molecule has 0 aliphatic heterocycles. The zero-order valence-electron chi connectivity index (χ0n) is 32.2. The number of nitrogens with zero attached hydrogens (tertiary/aromatic N) is 1. The summed E-state index contributed by atoms with van der Waals surface area (Å²) >= 11 is 0. The van der Waals surface area contributed by atoms with Crippen molar-refractivity contribution in [2.75, 3.05) is 0 Å². The van der Waals surface area contributed by atoms with Gasteiger partial charge in [-0.2, -0.15) is 0 Å². The van der Waals surface area contributed by atoms with Crippen molar-refractivity contribution in [3.8, 4) is 27.9 Å². The molecule has 0 radical (unpaired) electrons. The van der Waals surface area contributed by atoms with Crippen molar-refractivity contribution in [1.29, 1.82) is 0 Å². The van der Waals surface area contributed by atoms with Gasteiger partial charge in [0.15, 0.2) is 14.3 Å². The van der Waals surface area contributed by atoms with E-state index in [1.54, 1.807) is 0 Å². The van der Waals surface area contributed by atoms with Crippen molar-refractivity contribution in [3.05, 3.63) is 237 Å². The Morgan fingerprint density at radius 3 is 0.864 bits per heavy atom. The largest absolute Gasteiger partial charge is 0.309 e. The van der Waals surface area contributed by atoms with E-state index in [1.807, 2.05) is 152 Å². The van der Waals surface area contributed by atoms with Gasteiger partial charge in [-0.3, -0.25) is 0 Å². The summed E-state index contributed by atoms with van der Waals surface area (Å²) in [6, 6.07) is 79.6. The summed E-state index contributed by atoms with van der Waals surface area (Å²) in [6.45, 7) is 0. The third-order valence-corrected chi connectivity index (χ3v) is 17.5. The van der Waals surface area contributed by atoms with Crippen LogP contribution in [0.4, 0.5) is 0 Å². The fraction of sp³-hybridized carbons (Fsp3) is 0. The lowest BCUT2D eigenvalue weighted by molar-refractivity contribution is 0.591. The average Bonchev–Trinajstić information content (AvgIpc) is 3.65. The molecule has 1 heterocycles. The Morgan fingerprint density at radius 1 is 0.271 bits per heavy atom. The van der Waals surface area contributed by atoms with E-state index in [0.29, 0.717) is 0 Å². The Morgan fingerprint density at radius 2 is 0.542 bits per heavy atom. The summed E-state index contributed by atoms with van der Waals surface area (Å²) in [7, 11) is -6.18. The number of rotatable bonds is 9. The van der Waals surface area contributed by atoms with E-state index >= 15 is 9.13 Å². The first-order chi connectivity index (χ1) is 29.0. The van der Waals surface area contributed by atoms with E-state index in [0.717, 1.165) is 81.6 Å². The van der Waals surface area contributed by atoms with Crippen LogP contribution in [0.15, 0.2) is 237 Å². The standard InChI is InChI=1S/C54H39NO2P2/c56-58(45-18-8-2-9-19-45,46-20-10-3-11-21-46)49-32-26-40(27-33-49)42-30-36-53-51(38-42)52-39-43(31-37-54(52)55(53)44-16-6-1-7-17-44)41-28-34-50(35-29-41)59(57,47-22-12-4-13-23-47)48-24-14-5-15-25-48/h1-39H. The molecule has 5 heteroatoms. The van der Waals surface area contributed by atoms with Gasteiger partial charge in [0.1, 0.15) is 0 Å². The Labute approximate surface area is 344 Å². The molecule has 282 valence electrons. The van der Waals surface area contributed by atoms with Crippen LogP contribution in [0.5, 0.6) is 0 Å². The maximum Gasteiger partial charge on any atom is 0.171 e. The van der Waals surface area contributed by atoms with Crippen LogP contribution in [0.1, 0.15) is 0 Å². The number of aromatic nitrogens is 1. The molecule has 9 aromatic carbocycles. The van der Waals surface area contributed by atoms with Crippen LogP contribution >= 0.6 is 14.3 Å². The van der Waals surface area contributed by atoms with Crippen molar-refractivity contribution in [2.45, 2.75) is 0 Å². The molecule has 0 N–H and O–H groups in total. The second kappa shape index (κ2) is 15.2. The highest BCUT2D eigenvalue weighted by molar-refractivity contribution is 7.85. The molecule has 0 atom stereocenters. The summed E-state index contributed by atoms with van der Waals surface area (Å²) in [6.07, 6.45) is 0. The third-order valence-electron chi connectivity index (χ3n) is 11.4. The van der Waals surface area contributed by atoms with Crippen molar-refractivity contribution < 1.29 is 9.13 Å². The molecular weight excluding hydrogens is 757 g/mol. The van der Waals surface area contributed by atoms with Crippen LogP contribution in [0.2, 0.25) is 0 Å². The zero-order valence-corrected chi connectivity index (χ0v) is 34.0. The fourth-order valence-electron chi connectivity index (χ4n) is 8.41. The summed E-state index contributed by atoms with van der Waals surface area (Å²) in [5, 5.41) is 7.17. The summed E-state index contributed by atoms with van der Waals surface area (Å²) in [4.78, 5) is 0. The van der Waals surface area contributed by atoms with Gasteiger partial charge in [-0.15, -0.1) is 0 Å². The molecule has 0 bridgehead atoms. The van der Waals surface area contributed by atoms with E-state index in [9.17, 15) is 0 Å². The smallest absolute Gasteiger partial charge is 0.171 e. The molecule has 0 saturated carbocycles. The minimum atomic E-state index is -3.09. The van der Waals surface area contributed by atoms with Crippen LogP contribution < -0.4 is 31.8 Å². The molecule has 3 nitrogen and oxygen atoms in total. The van der Waals surface area contributed by atoms with Crippen molar-refractivity contribution in [1.82, 2.24) is 4.57 Å². The predicted molar refractivity (Wildman–Crippen MR) is 250 cm³/mol. The topological polar surface area (TPSA) is 39.1 Å². The Balaban J connectivity index is 1.07. The highest BCUT2D eigenvalue weighted by atomic mass is 31.2. The van der Waals surface area contributed by atoms with E-state index in [4.69, 9.17) is 0 Å². The molecule has 10 aromatic rings.